The molecule has 0 aliphatic carbocycles. The van der Waals surface area contributed by atoms with E-state index in [1.165, 1.54) is 37.1 Å². The molecule has 6 heteroatoms. The molecule has 0 spiro atoms. The smallest absolute Gasteiger partial charge is 0.225 e. The molecule has 2 fully saturated rings. The Balaban J connectivity index is 1.21. The van der Waals surface area contributed by atoms with E-state index in [1.807, 2.05) is 29.8 Å². The van der Waals surface area contributed by atoms with E-state index < -0.39 is 0 Å². The Morgan fingerprint density at radius 1 is 1.10 bits per heavy atom. The van der Waals surface area contributed by atoms with Crippen LogP contribution in [0.4, 0.5) is 0 Å². The van der Waals surface area contributed by atoms with Crippen molar-refractivity contribution in [2.24, 2.45) is 13.0 Å². The first-order valence-corrected chi connectivity index (χ1v) is 11.7. The largest absolute Gasteiger partial charge is 0.338 e. The average molecular weight is 424 g/mol. The van der Waals surface area contributed by atoms with Gasteiger partial charge in [-0.3, -0.25) is 9.69 Å². The van der Waals surface area contributed by atoms with Gasteiger partial charge in [0.1, 0.15) is 5.82 Å². The number of nitrogens with zero attached hydrogens (tertiary/aromatic N) is 5. The summed E-state index contributed by atoms with van der Waals surface area (Å²) in [5.41, 5.74) is 2.85. The number of carbonyl (C=O) groups excluding carboxylic acids is 1. The van der Waals surface area contributed by atoms with Gasteiger partial charge in [0.05, 0.1) is 6.54 Å². The number of imidazole rings is 1. The number of hydrogen-bond acceptors (Lipinski definition) is 4. The van der Waals surface area contributed by atoms with Gasteiger partial charge >= 0.3 is 0 Å². The second kappa shape index (κ2) is 9.96. The number of aromatic nitrogens is 2. The lowest BCUT2D eigenvalue weighted by molar-refractivity contribution is -0.136. The Morgan fingerprint density at radius 2 is 1.81 bits per heavy atom. The van der Waals surface area contributed by atoms with Gasteiger partial charge in [0, 0.05) is 45.0 Å². The first kappa shape index (κ1) is 22.0. The van der Waals surface area contributed by atoms with Crippen molar-refractivity contribution in [2.75, 3.05) is 33.2 Å². The van der Waals surface area contributed by atoms with E-state index in [-0.39, 0.29) is 11.8 Å². The third-order valence-corrected chi connectivity index (χ3v) is 7.28. The third kappa shape index (κ3) is 5.36. The molecule has 168 valence electrons. The molecule has 0 N–H and O–H groups in total. The van der Waals surface area contributed by atoms with Crippen LogP contribution >= 0.6 is 0 Å². The van der Waals surface area contributed by atoms with Gasteiger partial charge in [0.25, 0.3) is 0 Å². The van der Waals surface area contributed by atoms with Crippen LogP contribution in [0.1, 0.15) is 42.6 Å². The summed E-state index contributed by atoms with van der Waals surface area (Å²) >= 11 is 0. The lowest BCUT2D eigenvalue weighted by Gasteiger charge is -2.42. The summed E-state index contributed by atoms with van der Waals surface area (Å²) < 4.78 is 1.98. The minimum absolute atomic E-state index is 0.155. The molecule has 3 heterocycles. The average Bonchev–Trinajstić information content (AvgIpc) is 3.20. The molecule has 6 nitrogen and oxygen atoms in total. The van der Waals surface area contributed by atoms with Gasteiger partial charge in [-0.25, -0.2) is 4.98 Å². The van der Waals surface area contributed by atoms with E-state index in [0.29, 0.717) is 12.6 Å². The van der Waals surface area contributed by atoms with Gasteiger partial charge in [-0.05, 0) is 69.9 Å². The predicted octanol–water partition coefficient (Wildman–Crippen LogP) is 3.06. The molecule has 0 atom stereocenters. The van der Waals surface area contributed by atoms with Crippen LogP contribution in [0.2, 0.25) is 0 Å². The second-order valence-electron chi connectivity index (χ2n) is 9.39. The molecule has 4 rings (SSSR count). The normalized spacial score (nSPS) is 19.6. The summed E-state index contributed by atoms with van der Waals surface area (Å²) in [6.45, 7) is 8.31. The minimum atomic E-state index is 0.155. The number of rotatable bonds is 6. The molecule has 2 saturated heterocycles. The molecular weight excluding hydrogens is 386 g/mol. The monoisotopic (exact) mass is 423 g/mol. The zero-order valence-electron chi connectivity index (χ0n) is 19.3. The number of benzene rings is 1. The van der Waals surface area contributed by atoms with Gasteiger partial charge in [-0.15, -0.1) is 0 Å². The van der Waals surface area contributed by atoms with E-state index in [1.54, 1.807) is 6.20 Å². The van der Waals surface area contributed by atoms with Gasteiger partial charge in [0.15, 0.2) is 0 Å². The third-order valence-electron chi connectivity index (χ3n) is 7.28. The van der Waals surface area contributed by atoms with Gasteiger partial charge in [-0.2, -0.15) is 0 Å². The van der Waals surface area contributed by atoms with Crippen molar-refractivity contribution in [3.8, 4) is 0 Å². The van der Waals surface area contributed by atoms with Crippen LogP contribution in [0.3, 0.4) is 0 Å². The number of piperidine rings is 2. The van der Waals surface area contributed by atoms with E-state index >= 15 is 0 Å². The first-order valence-electron chi connectivity index (χ1n) is 11.7. The lowest BCUT2D eigenvalue weighted by atomic mass is 9.92. The molecule has 2 aliphatic heterocycles. The van der Waals surface area contributed by atoms with Crippen LogP contribution in [0.25, 0.3) is 0 Å². The molecular formula is C25H37N5O. The summed E-state index contributed by atoms with van der Waals surface area (Å²) in [6.07, 6.45) is 8.16. The maximum absolute atomic E-state index is 12.9. The SMILES string of the molecule is Cc1ccccc1CN1CCC(N2CCC(C(=O)N(C)Cc3nccn3C)CC2)CC1. The number of aryl methyl sites for hydroxylation is 2. The Morgan fingerprint density at radius 3 is 2.45 bits per heavy atom. The highest BCUT2D eigenvalue weighted by Gasteiger charge is 2.32. The van der Waals surface area contributed by atoms with Crippen LogP contribution in [-0.4, -0.2) is 69.4 Å². The Bertz CT molecular complexity index is 862. The van der Waals surface area contributed by atoms with E-state index in [0.717, 1.165) is 38.3 Å². The van der Waals surface area contributed by atoms with Crippen molar-refractivity contribution in [2.45, 2.75) is 51.7 Å². The fourth-order valence-electron chi connectivity index (χ4n) is 5.13. The summed E-state index contributed by atoms with van der Waals surface area (Å²) in [7, 11) is 3.89. The molecule has 31 heavy (non-hydrogen) atoms. The standard InChI is InChI=1S/C25H37N5O/c1-20-6-4-5-7-22(20)18-29-13-10-23(11-14-29)30-15-8-21(9-16-30)25(31)28(3)19-24-26-12-17-27(24)2/h4-7,12,17,21,23H,8-11,13-16,18-19H2,1-3H3. The summed E-state index contributed by atoms with van der Waals surface area (Å²) in [4.78, 5) is 24.4. The maximum atomic E-state index is 12.9. The first-order chi connectivity index (χ1) is 15.0. The fraction of sp³-hybridized carbons (Fsp3) is 0.600. The summed E-state index contributed by atoms with van der Waals surface area (Å²) in [5.74, 6) is 1.36. The van der Waals surface area contributed by atoms with Crippen molar-refractivity contribution >= 4 is 5.91 Å². The number of amides is 1. The van der Waals surface area contributed by atoms with Gasteiger partial charge < -0.3 is 14.4 Å². The van der Waals surface area contributed by atoms with Gasteiger partial charge in [0.2, 0.25) is 5.91 Å². The van der Waals surface area contributed by atoms with Crippen molar-refractivity contribution in [1.29, 1.82) is 0 Å². The van der Waals surface area contributed by atoms with E-state index in [9.17, 15) is 4.79 Å². The van der Waals surface area contributed by atoms with E-state index in [2.05, 4.69) is 46.0 Å². The van der Waals surface area contributed by atoms with Crippen LogP contribution in [0, 0.1) is 12.8 Å². The summed E-state index contributed by atoms with van der Waals surface area (Å²) in [5, 5.41) is 0. The molecule has 0 unspecified atom stereocenters. The van der Waals surface area contributed by atoms with Crippen LogP contribution in [0.15, 0.2) is 36.7 Å². The van der Waals surface area contributed by atoms with Crippen molar-refractivity contribution in [3.63, 3.8) is 0 Å². The highest BCUT2D eigenvalue weighted by atomic mass is 16.2. The van der Waals surface area contributed by atoms with Crippen LogP contribution in [-0.2, 0) is 24.9 Å². The molecule has 2 aliphatic rings. The Kier molecular flexibility index (Phi) is 7.08. The number of hydrogen-bond donors (Lipinski definition) is 0. The number of carbonyl (C=O) groups is 1. The molecule has 0 saturated carbocycles. The van der Waals surface area contributed by atoms with Crippen LogP contribution < -0.4 is 0 Å². The Labute approximate surface area is 186 Å². The molecule has 0 radical (unpaired) electrons. The lowest BCUT2D eigenvalue weighted by Crippen LogP contribution is -2.49. The minimum Gasteiger partial charge on any atom is -0.338 e. The molecule has 0 bridgehead atoms. The zero-order chi connectivity index (χ0) is 21.8. The molecule has 2 aromatic rings. The maximum Gasteiger partial charge on any atom is 0.225 e. The highest BCUT2D eigenvalue weighted by Crippen LogP contribution is 2.26. The van der Waals surface area contributed by atoms with Crippen molar-refractivity contribution in [3.05, 3.63) is 53.6 Å². The van der Waals surface area contributed by atoms with Crippen LogP contribution in [0.5, 0.6) is 0 Å². The number of likely N-dealkylation sites (tertiary alicyclic amines) is 2. The zero-order valence-corrected chi connectivity index (χ0v) is 19.3. The van der Waals surface area contributed by atoms with Crippen molar-refractivity contribution in [1.82, 2.24) is 24.3 Å². The second-order valence-corrected chi connectivity index (χ2v) is 9.39. The van der Waals surface area contributed by atoms with Crippen molar-refractivity contribution < 1.29 is 4.79 Å². The Hall–Kier alpha value is -2.18. The fourth-order valence-corrected chi connectivity index (χ4v) is 5.13. The molecule has 1 aromatic heterocycles. The molecule has 1 aromatic carbocycles. The molecule has 1 amide bonds. The topological polar surface area (TPSA) is 44.6 Å². The quantitative estimate of drug-likeness (QED) is 0.716. The van der Waals surface area contributed by atoms with E-state index in [4.69, 9.17) is 0 Å². The summed E-state index contributed by atoms with van der Waals surface area (Å²) in [6, 6.07) is 9.41. The predicted molar refractivity (Wildman–Crippen MR) is 123 cm³/mol. The highest BCUT2D eigenvalue weighted by molar-refractivity contribution is 5.78. The van der Waals surface area contributed by atoms with Gasteiger partial charge in [-0.1, -0.05) is 24.3 Å².